The molecule has 0 spiro atoms. The van der Waals surface area contributed by atoms with Gasteiger partial charge in [-0.05, 0) is 84.6 Å². The predicted molar refractivity (Wildman–Crippen MR) is 150 cm³/mol. The molecule has 6 rings (SSSR count). The molecule has 1 fully saturated rings. The van der Waals surface area contributed by atoms with Gasteiger partial charge in [-0.3, -0.25) is 0 Å². The van der Waals surface area contributed by atoms with Crippen LogP contribution in [0.1, 0.15) is 31.1 Å². The minimum Gasteiger partial charge on any atom is -0.453 e. The summed E-state index contributed by atoms with van der Waals surface area (Å²) in [4.78, 5) is 0.0868. The Kier molecular flexibility index (Phi) is 6.97. The molecule has 0 radical (unpaired) electrons. The van der Waals surface area contributed by atoms with Gasteiger partial charge in [0.05, 0.1) is 20.6 Å². The Morgan fingerprint density at radius 3 is 2.55 bits per heavy atom. The van der Waals surface area contributed by atoms with Crippen molar-refractivity contribution in [3.05, 3.63) is 94.7 Å². The van der Waals surface area contributed by atoms with E-state index in [9.17, 15) is 12.8 Å². The number of rotatable bonds is 6. The minimum atomic E-state index is -3.96. The Hall–Kier alpha value is -3.54. The van der Waals surface area contributed by atoms with Gasteiger partial charge in [-0.1, -0.05) is 17.7 Å². The number of benzene rings is 3. The van der Waals surface area contributed by atoms with Gasteiger partial charge in [-0.25, -0.2) is 25.9 Å². The lowest BCUT2D eigenvalue weighted by atomic mass is 10.1. The maximum Gasteiger partial charge on any atom is 0.268 e. The monoisotopic (exact) mass is 627 g/mol. The normalized spacial score (nSPS) is 15.9. The highest BCUT2D eigenvalue weighted by molar-refractivity contribution is 9.10. The van der Waals surface area contributed by atoms with Crippen molar-refractivity contribution in [1.82, 2.24) is 13.8 Å². The molecule has 1 saturated heterocycles. The van der Waals surface area contributed by atoms with Gasteiger partial charge in [0.15, 0.2) is 11.6 Å². The van der Waals surface area contributed by atoms with Crippen LogP contribution in [0.15, 0.2) is 82.4 Å². The smallest absolute Gasteiger partial charge is 0.268 e. The number of ether oxygens (including phenoxy) is 2. The topological polar surface area (TPSA) is 75.3 Å². The Labute approximate surface area is 238 Å². The number of aryl methyl sites for hydroxylation is 1. The van der Waals surface area contributed by atoms with E-state index in [0.29, 0.717) is 17.7 Å². The second kappa shape index (κ2) is 10.5. The molecule has 3 aromatic carbocycles. The average Bonchev–Trinajstić information content (AvgIpc) is 3.61. The zero-order valence-corrected chi connectivity index (χ0v) is 23.8. The fourth-order valence-electron chi connectivity index (χ4n) is 4.75. The van der Waals surface area contributed by atoms with E-state index >= 15 is 4.39 Å². The lowest BCUT2D eigenvalue weighted by Crippen LogP contribution is -2.18. The molecule has 11 heteroatoms. The Bertz CT molecular complexity index is 1830. The Morgan fingerprint density at radius 1 is 1.00 bits per heavy atom. The van der Waals surface area contributed by atoms with E-state index in [1.54, 1.807) is 35.1 Å². The summed E-state index contributed by atoms with van der Waals surface area (Å²) in [5.74, 6) is -1.26. The highest BCUT2D eigenvalue weighted by Gasteiger charge is 2.24. The molecule has 0 N–H and O–H groups in total. The van der Waals surface area contributed by atoms with Crippen molar-refractivity contribution in [3.8, 4) is 22.8 Å². The third-order valence-corrected chi connectivity index (χ3v) is 9.37. The first-order chi connectivity index (χ1) is 19.2. The van der Waals surface area contributed by atoms with Gasteiger partial charge in [-0.15, -0.1) is 0 Å². The van der Waals surface area contributed by atoms with Crippen molar-refractivity contribution in [3.63, 3.8) is 0 Å². The first kappa shape index (κ1) is 26.7. The molecule has 2 aromatic heterocycles. The van der Waals surface area contributed by atoms with Crippen LogP contribution in [0.3, 0.4) is 0 Å². The van der Waals surface area contributed by atoms with Gasteiger partial charge in [0.2, 0.25) is 0 Å². The third kappa shape index (κ3) is 4.82. The molecule has 40 heavy (non-hydrogen) atoms. The summed E-state index contributed by atoms with van der Waals surface area (Å²) < 4.78 is 71.3. The van der Waals surface area contributed by atoms with Crippen LogP contribution in [0.25, 0.3) is 22.2 Å². The number of nitrogens with zero attached hydrogens (tertiary/aromatic N) is 3. The maximum atomic E-state index is 15.4. The molecule has 1 atom stereocenters. The molecule has 1 aliphatic rings. The molecule has 1 aliphatic heterocycles. The summed E-state index contributed by atoms with van der Waals surface area (Å²) >= 11 is 3.38. The van der Waals surface area contributed by atoms with Crippen molar-refractivity contribution < 1.29 is 26.7 Å². The third-order valence-electron chi connectivity index (χ3n) is 6.88. The van der Waals surface area contributed by atoms with E-state index in [2.05, 4.69) is 21.0 Å². The lowest BCUT2D eigenvalue weighted by Gasteiger charge is -2.22. The second-order valence-corrected chi connectivity index (χ2v) is 12.2. The average molecular weight is 628 g/mol. The second-order valence-electron chi connectivity index (χ2n) is 9.61. The SMILES string of the molecule is Cc1ccc(S(=O)(=O)n2ccc3c(Br)c(Oc4ccc(F)c(-c5ccn(C6CCCCO6)n5)c4)c(F)cc32)cc1. The maximum absolute atomic E-state index is 15.4. The van der Waals surface area contributed by atoms with Gasteiger partial charge in [0, 0.05) is 36.0 Å². The van der Waals surface area contributed by atoms with Crippen LogP contribution in [-0.4, -0.2) is 28.8 Å². The van der Waals surface area contributed by atoms with Crippen molar-refractivity contribution in [2.45, 2.75) is 37.3 Å². The van der Waals surface area contributed by atoms with Crippen LogP contribution in [-0.2, 0) is 14.8 Å². The molecule has 0 saturated carbocycles. The fraction of sp³-hybridized carbons (Fsp3) is 0.207. The van der Waals surface area contributed by atoms with Gasteiger partial charge >= 0.3 is 0 Å². The van der Waals surface area contributed by atoms with E-state index < -0.39 is 21.7 Å². The molecule has 3 heterocycles. The molecule has 0 bridgehead atoms. The van der Waals surface area contributed by atoms with Gasteiger partial charge in [-0.2, -0.15) is 5.10 Å². The summed E-state index contributed by atoms with van der Waals surface area (Å²) in [5.41, 5.74) is 1.65. The van der Waals surface area contributed by atoms with E-state index in [1.165, 1.54) is 36.5 Å². The van der Waals surface area contributed by atoms with Gasteiger partial charge < -0.3 is 9.47 Å². The largest absolute Gasteiger partial charge is 0.453 e. The molecular formula is C29H24BrF2N3O4S. The highest BCUT2D eigenvalue weighted by atomic mass is 79.9. The van der Waals surface area contributed by atoms with E-state index in [1.807, 2.05) is 6.92 Å². The van der Waals surface area contributed by atoms with Crippen molar-refractivity contribution in [2.75, 3.05) is 6.61 Å². The first-order valence-electron chi connectivity index (χ1n) is 12.7. The number of aromatic nitrogens is 3. The first-order valence-corrected chi connectivity index (χ1v) is 14.9. The van der Waals surface area contributed by atoms with E-state index in [4.69, 9.17) is 9.47 Å². The molecule has 206 valence electrons. The summed E-state index contributed by atoms with van der Waals surface area (Å²) in [7, 11) is -3.96. The molecule has 0 amide bonds. The predicted octanol–water partition coefficient (Wildman–Crippen LogP) is 7.58. The number of fused-ring (bicyclic) bond motifs is 1. The van der Waals surface area contributed by atoms with Crippen LogP contribution in [0.2, 0.25) is 0 Å². The summed E-state index contributed by atoms with van der Waals surface area (Å²) in [5, 5.41) is 4.93. The minimum absolute atomic E-state index is 0.0868. The number of halogens is 3. The van der Waals surface area contributed by atoms with Crippen LogP contribution >= 0.6 is 15.9 Å². The van der Waals surface area contributed by atoms with E-state index in [0.717, 1.165) is 34.9 Å². The van der Waals surface area contributed by atoms with Gasteiger partial charge in [0.25, 0.3) is 10.0 Å². The van der Waals surface area contributed by atoms with Crippen molar-refractivity contribution in [2.24, 2.45) is 0 Å². The zero-order chi connectivity index (χ0) is 28.0. The number of hydrogen-bond donors (Lipinski definition) is 0. The fourth-order valence-corrected chi connectivity index (χ4v) is 6.69. The zero-order valence-electron chi connectivity index (χ0n) is 21.4. The van der Waals surface area contributed by atoms with Crippen LogP contribution in [0.5, 0.6) is 11.5 Å². The van der Waals surface area contributed by atoms with Crippen LogP contribution < -0.4 is 4.74 Å². The highest BCUT2D eigenvalue weighted by Crippen LogP contribution is 2.40. The standard InChI is InChI=1S/C29H24BrF2N3O4S/c1-18-5-8-20(9-6-18)40(36,37)35-14-11-21-26(35)17-24(32)29(28(21)30)39-19-7-10-23(31)22(16-19)25-12-13-34(33-25)27-4-2-3-15-38-27/h5-14,16-17,27H,2-4,15H2,1H3. The molecule has 7 nitrogen and oxygen atoms in total. The van der Waals surface area contributed by atoms with Crippen LogP contribution in [0.4, 0.5) is 8.78 Å². The summed E-state index contributed by atoms with van der Waals surface area (Å²) in [6, 6.07) is 14.9. The van der Waals surface area contributed by atoms with Crippen molar-refractivity contribution >= 4 is 36.9 Å². The van der Waals surface area contributed by atoms with Crippen molar-refractivity contribution in [1.29, 1.82) is 0 Å². The summed E-state index contributed by atoms with van der Waals surface area (Å²) in [6.45, 7) is 2.52. The number of hydrogen-bond acceptors (Lipinski definition) is 5. The Balaban J connectivity index is 1.33. The van der Waals surface area contributed by atoms with Gasteiger partial charge in [0.1, 0.15) is 17.8 Å². The Morgan fingerprint density at radius 2 is 1.80 bits per heavy atom. The molecule has 0 aliphatic carbocycles. The quantitative estimate of drug-likeness (QED) is 0.194. The molecule has 5 aromatic rings. The molecule has 1 unspecified atom stereocenters. The van der Waals surface area contributed by atoms with Crippen LogP contribution in [0, 0.1) is 18.6 Å². The van der Waals surface area contributed by atoms with E-state index in [-0.39, 0.29) is 38.2 Å². The summed E-state index contributed by atoms with van der Waals surface area (Å²) in [6.07, 6.45) is 5.79. The lowest BCUT2D eigenvalue weighted by molar-refractivity contribution is -0.0393. The molecular weight excluding hydrogens is 604 g/mol.